The van der Waals surface area contributed by atoms with Crippen molar-refractivity contribution < 1.29 is 4.52 Å². The van der Waals surface area contributed by atoms with Gasteiger partial charge in [-0.3, -0.25) is 9.80 Å². The molecular formula is C24H33N3O. The Labute approximate surface area is 168 Å². The Hall–Kier alpha value is -1.65. The van der Waals surface area contributed by atoms with Gasteiger partial charge in [0.2, 0.25) is 0 Å². The van der Waals surface area contributed by atoms with Crippen molar-refractivity contribution in [1.29, 1.82) is 0 Å². The minimum absolute atomic E-state index is 0.545. The summed E-state index contributed by atoms with van der Waals surface area (Å²) in [4.78, 5) is 5.17. The van der Waals surface area contributed by atoms with Gasteiger partial charge < -0.3 is 4.52 Å². The fourth-order valence-electron chi connectivity index (χ4n) is 6.08. The molecule has 150 valence electrons. The van der Waals surface area contributed by atoms with Gasteiger partial charge in [0.1, 0.15) is 0 Å². The SMILES string of the molecule is Cc1ccccc1[C@H]1[C@@H]2CN(Cc3cc(C4CCCCC4)no3)C[C@@H]2CN1C. The summed E-state index contributed by atoms with van der Waals surface area (Å²) < 4.78 is 5.75. The van der Waals surface area contributed by atoms with Crippen LogP contribution < -0.4 is 0 Å². The molecule has 0 unspecified atom stereocenters. The quantitative estimate of drug-likeness (QED) is 0.766. The number of likely N-dealkylation sites (tertiary alicyclic amines) is 2. The lowest BCUT2D eigenvalue weighted by Crippen LogP contribution is -2.29. The maximum Gasteiger partial charge on any atom is 0.150 e. The molecule has 3 aliphatic rings. The largest absolute Gasteiger partial charge is 0.360 e. The number of rotatable bonds is 4. The zero-order valence-electron chi connectivity index (χ0n) is 17.3. The van der Waals surface area contributed by atoms with E-state index in [1.165, 1.54) is 62.0 Å². The normalized spacial score (nSPS) is 29.4. The fourth-order valence-corrected chi connectivity index (χ4v) is 6.08. The summed E-state index contributed by atoms with van der Waals surface area (Å²) in [5, 5.41) is 4.43. The molecule has 4 heteroatoms. The molecule has 0 N–H and O–H groups in total. The van der Waals surface area contributed by atoms with E-state index >= 15 is 0 Å². The third kappa shape index (κ3) is 3.42. The molecule has 3 atom stereocenters. The molecule has 2 aliphatic heterocycles. The number of hydrogen-bond acceptors (Lipinski definition) is 4. The second kappa shape index (κ2) is 7.64. The van der Waals surface area contributed by atoms with Gasteiger partial charge in [-0.1, -0.05) is 48.7 Å². The number of nitrogens with zero attached hydrogens (tertiary/aromatic N) is 3. The summed E-state index contributed by atoms with van der Waals surface area (Å²) in [5.74, 6) is 3.16. The van der Waals surface area contributed by atoms with Crippen molar-refractivity contribution in [2.75, 3.05) is 26.7 Å². The van der Waals surface area contributed by atoms with Crippen molar-refractivity contribution in [2.24, 2.45) is 11.8 Å². The average Bonchev–Trinajstić information content (AvgIpc) is 3.38. The maximum absolute atomic E-state index is 5.75. The van der Waals surface area contributed by atoms with Gasteiger partial charge in [-0.05, 0) is 49.8 Å². The van der Waals surface area contributed by atoms with Gasteiger partial charge in [0.15, 0.2) is 5.76 Å². The van der Waals surface area contributed by atoms with Crippen LogP contribution in [0.15, 0.2) is 34.9 Å². The Bertz CT molecular complexity index is 810. The molecule has 28 heavy (non-hydrogen) atoms. The zero-order chi connectivity index (χ0) is 19.1. The molecule has 3 fully saturated rings. The summed E-state index contributed by atoms with van der Waals surface area (Å²) in [6.45, 7) is 6.70. The first-order valence-corrected chi connectivity index (χ1v) is 11.1. The van der Waals surface area contributed by atoms with Crippen LogP contribution >= 0.6 is 0 Å². The van der Waals surface area contributed by atoms with E-state index < -0.39 is 0 Å². The molecule has 2 aromatic rings. The third-order valence-electron chi connectivity index (χ3n) is 7.46. The number of hydrogen-bond donors (Lipinski definition) is 0. The van der Waals surface area contributed by atoms with E-state index in [0.717, 1.165) is 24.8 Å². The third-order valence-corrected chi connectivity index (χ3v) is 7.46. The van der Waals surface area contributed by atoms with Gasteiger partial charge >= 0.3 is 0 Å². The van der Waals surface area contributed by atoms with E-state index in [-0.39, 0.29) is 0 Å². The second-order valence-corrected chi connectivity index (χ2v) is 9.41. The van der Waals surface area contributed by atoms with Crippen LogP contribution in [-0.2, 0) is 6.54 Å². The molecule has 3 heterocycles. The lowest BCUT2D eigenvalue weighted by molar-refractivity contribution is 0.209. The number of aryl methyl sites for hydroxylation is 1. The van der Waals surface area contributed by atoms with E-state index in [4.69, 9.17) is 4.52 Å². The Kier molecular flexibility index (Phi) is 5.02. The van der Waals surface area contributed by atoms with Gasteiger partial charge in [-0.25, -0.2) is 0 Å². The highest BCUT2D eigenvalue weighted by Gasteiger charge is 2.46. The van der Waals surface area contributed by atoms with Gasteiger partial charge in [0, 0.05) is 37.7 Å². The Balaban J connectivity index is 1.26. The maximum atomic E-state index is 5.75. The minimum Gasteiger partial charge on any atom is -0.360 e. The summed E-state index contributed by atoms with van der Waals surface area (Å²) in [6, 6.07) is 11.7. The molecule has 2 saturated heterocycles. The van der Waals surface area contributed by atoms with E-state index in [1.54, 1.807) is 0 Å². The molecule has 0 amide bonds. The first kappa shape index (κ1) is 18.4. The van der Waals surface area contributed by atoms with Gasteiger partial charge in [-0.2, -0.15) is 0 Å². The van der Waals surface area contributed by atoms with Crippen molar-refractivity contribution in [3.05, 3.63) is 52.9 Å². The molecule has 1 aromatic carbocycles. The fraction of sp³-hybridized carbons (Fsp3) is 0.625. The minimum atomic E-state index is 0.545. The average molecular weight is 380 g/mol. The van der Waals surface area contributed by atoms with Crippen molar-refractivity contribution >= 4 is 0 Å². The van der Waals surface area contributed by atoms with Crippen molar-refractivity contribution in [1.82, 2.24) is 15.0 Å². The van der Waals surface area contributed by atoms with Crippen molar-refractivity contribution in [3.63, 3.8) is 0 Å². The van der Waals surface area contributed by atoms with Crippen LogP contribution in [0.4, 0.5) is 0 Å². The van der Waals surface area contributed by atoms with Crippen LogP contribution in [0.3, 0.4) is 0 Å². The van der Waals surface area contributed by atoms with E-state index in [2.05, 4.69) is 59.3 Å². The van der Waals surface area contributed by atoms with Gasteiger partial charge in [0.25, 0.3) is 0 Å². The summed E-state index contributed by atoms with van der Waals surface area (Å²) in [5.41, 5.74) is 4.14. The molecule has 0 radical (unpaired) electrons. The highest BCUT2D eigenvalue weighted by molar-refractivity contribution is 5.31. The van der Waals surface area contributed by atoms with Gasteiger partial charge in [-0.15, -0.1) is 0 Å². The predicted octanol–water partition coefficient (Wildman–Crippen LogP) is 4.77. The number of benzene rings is 1. The van der Waals surface area contributed by atoms with Crippen LogP contribution in [0.1, 0.15) is 66.6 Å². The van der Waals surface area contributed by atoms with Crippen LogP contribution in [0, 0.1) is 18.8 Å². The molecule has 5 rings (SSSR count). The van der Waals surface area contributed by atoms with Gasteiger partial charge in [0.05, 0.1) is 12.2 Å². The molecular weight excluding hydrogens is 346 g/mol. The van der Waals surface area contributed by atoms with Crippen LogP contribution in [0.25, 0.3) is 0 Å². The second-order valence-electron chi connectivity index (χ2n) is 9.41. The topological polar surface area (TPSA) is 32.5 Å². The number of aromatic nitrogens is 1. The monoisotopic (exact) mass is 379 g/mol. The Morgan fingerprint density at radius 1 is 1.07 bits per heavy atom. The van der Waals surface area contributed by atoms with Crippen molar-refractivity contribution in [2.45, 2.75) is 57.5 Å². The zero-order valence-corrected chi connectivity index (χ0v) is 17.3. The van der Waals surface area contributed by atoms with Crippen LogP contribution in [0.5, 0.6) is 0 Å². The van der Waals surface area contributed by atoms with E-state index in [0.29, 0.717) is 17.9 Å². The molecule has 4 nitrogen and oxygen atoms in total. The number of fused-ring (bicyclic) bond motifs is 1. The standard InChI is InChI=1S/C24H33N3O/c1-17-8-6-7-11-21(17)24-22-16-27(14-19(22)13-26(24)2)15-20-12-23(25-28-20)18-9-4-3-5-10-18/h6-8,11-12,18-19,22,24H,3-5,9-10,13-16H2,1-2H3/t19-,22+,24-/m0/s1. The highest BCUT2D eigenvalue weighted by atomic mass is 16.5. The predicted molar refractivity (Wildman–Crippen MR) is 111 cm³/mol. The summed E-state index contributed by atoms with van der Waals surface area (Å²) >= 11 is 0. The summed E-state index contributed by atoms with van der Waals surface area (Å²) in [7, 11) is 2.30. The van der Waals surface area contributed by atoms with Crippen molar-refractivity contribution in [3.8, 4) is 0 Å². The smallest absolute Gasteiger partial charge is 0.150 e. The molecule has 0 bridgehead atoms. The highest BCUT2D eigenvalue weighted by Crippen LogP contribution is 2.45. The van der Waals surface area contributed by atoms with Crippen LogP contribution in [0.2, 0.25) is 0 Å². The molecule has 0 spiro atoms. The molecule has 1 aromatic heterocycles. The Morgan fingerprint density at radius 3 is 2.71 bits per heavy atom. The lowest BCUT2D eigenvalue weighted by Gasteiger charge is -2.27. The van der Waals surface area contributed by atoms with Crippen LogP contribution in [-0.4, -0.2) is 41.6 Å². The lowest BCUT2D eigenvalue weighted by atomic mass is 9.87. The first-order valence-electron chi connectivity index (χ1n) is 11.1. The van der Waals surface area contributed by atoms with E-state index in [1.807, 2.05) is 0 Å². The Morgan fingerprint density at radius 2 is 1.89 bits per heavy atom. The molecule has 1 aliphatic carbocycles. The summed E-state index contributed by atoms with van der Waals surface area (Å²) in [6.07, 6.45) is 6.63. The van der Waals surface area contributed by atoms with E-state index in [9.17, 15) is 0 Å². The first-order chi connectivity index (χ1) is 13.7. The molecule has 1 saturated carbocycles.